The number of aryl methyl sites for hydroxylation is 1. The van der Waals surface area contributed by atoms with E-state index in [1.807, 2.05) is 6.07 Å². The first-order valence-corrected chi connectivity index (χ1v) is 8.94. The Morgan fingerprint density at radius 1 is 0.966 bits per heavy atom. The van der Waals surface area contributed by atoms with E-state index in [0.717, 1.165) is 11.8 Å². The van der Waals surface area contributed by atoms with Gasteiger partial charge in [-0.3, -0.25) is 9.59 Å². The number of methoxy groups -OCH3 is 4. The van der Waals surface area contributed by atoms with Crippen molar-refractivity contribution in [3.63, 3.8) is 0 Å². The fourth-order valence-corrected chi connectivity index (χ4v) is 3.22. The van der Waals surface area contributed by atoms with Crippen molar-refractivity contribution in [2.24, 2.45) is 0 Å². The standard InChI is InChI=1S/C22H22O7/c1-25-17-7-5-14(10-19(17)26-2)18-11-15-16(12-23)13(6-8-21(24)28-4)9-20(27-3)22(15)29-18/h5,7,9-12H,6,8H2,1-4H3. The number of aldehydes is 1. The first-order valence-electron chi connectivity index (χ1n) is 8.94. The normalized spacial score (nSPS) is 10.6. The van der Waals surface area contributed by atoms with Crippen LogP contribution >= 0.6 is 0 Å². The van der Waals surface area contributed by atoms with Crippen LogP contribution in [0.5, 0.6) is 17.2 Å². The van der Waals surface area contributed by atoms with Crippen LogP contribution in [0.2, 0.25) is 0 Å². The summed E-state index contributed by atoms with van der Waals surface area (Å²) in [6, 6.07) is 8.91. The molecule has 7 heteroatoms. The van der Waals surface area contributed by atoms with Crippen molar-refractivity contribution < 1.29 is 33.0 Å². The van der Waals surface area contributed by atoms with Crippen LogP contribution in [0.1, 0.15) is 22.3 Å². The molecule has 0 aliphatic heterocycles. The Morgan fingerprint density at radius 2 is 1.69 bits per heavy atom. The molecule has 0 aliphatic carbocycles. The summed E-state index contributed by atoms with van der Waals surface area (Å²) in [5.41, 5.74) is 2.37. The minimum Gasteiger partial charge on any atom is -0.493 e. The lowest BCUT2D eigenvalue weighted by atomic mass is 9.99. The van der Waals surface area contributed by atoms with Crippen molar-refractivity contribution in [3.8, 4) is 28.6 Å². The lowest BCUT2D eigenvalue weighted by molar-refractivity contribution is -0.140. The Bertz CT molecular complexity index is 1050. The van der Waals surface area contributed by atoms with Gasteiger partial charge in [0, 0.05) is 22.9 Å². The van der Waals surface area contributed by atoms with Gasteiger partial charge in [0.2, 0.25) is 0 Å². The van der Waals surface area contributed by atoms with Crippen LogP contribution in [-0.4, -0.2) is 40.7 Å². The van der Waals surface area contributed by atoms with Gasteiger partial charge in [-0.15, -0.1) is 0 Å². The first-order chi connectivity index (χ1) is 14.1. The van der Waals surface area contributed by atoms with E-state index in [2.05, 4.69) is 0 Å². The molecular weight excluding hydrogens is 376 g/mol. The monoisotopic (exact) mass is 398 g/mol. The fraction of sp³-hybridized carbons (Fsp3) is 0.273. The van der Waals surface area contributed by atoms with Gasteiger partial charge in [-0.1, -0.05) is 0 Å². The van der Waals surface area contributed by atoms with Gasteiger partial charge in [0.05, 0.1) is 28.4 Å². The summed E-state index contributed by atoms with van der Waals surface area (Å²) in [5, 5.41) is 0.615. The third-order valence-electron chi connectivity index (χ3n) is 4.73. The summed E-state index contributed by atoms with van der Waals surface area (Å²) in [4.78, 5) is 23.4. The molecule has 1 aromatic heterocycles. The molecular formula is C22H22O7. The van der Waals surface area contributed by atoms with Gasteiger partial charge in [-0.2, -0.15) is 0 Å². The summed E-state index contributed by atoms with van der Waals surface area (Å²) < 4.78 is 26.8. The molecule has 152 valence electrons. The van der Waals surface area contributed by atoms with E-state index in [4.69, 9.17) is 23.4 Å². The molecule has 0 atom stereocenters. The molecule has 1 heterocycles. The lowest BCUT2D eigenvalue weighted by Crippen LogP contribution is -2.04. The average molecular weight is 398 g/mol. The number of carbonyl (C=O) groups is 2. The van der Waals surface area contributed by atoms with E-state index < -0.39 is 0 Å². The Balaban J connectivity index is 2.13. The highest BCUT2D eigenvalue weighted by atomic mass is 16.5. The van der Waals surface area contributed by atoms with E-state index in [-0.39, 0.29) is 12.4 Å². The maximum atomic E-state index is 11.8. The van der Waals surface area contributed by atoms with Crippen molar-refractivity contribution in [3.05, 3.63) is 41.5 Å². The van der Waals surface area contributed by atoms with E-state index in [0.29, 0.717) is 51.5 Å². The van der Waals surface area contributed by atoms with Gasteiger partial charge in [-0.05, 0) is 42.3 Å². The largest absolute Gasteiger partial charge is 0.493 e. The van der Waals surface area contributed by atoms with Crippen molar-refractivity contribution in [2.75, 3.05) is 28.4 Å². The zero-order valence-electron chi connectivity index (χ0n) is 16.7. The molecule has 0 fully saturated rings. The highest BCUT2D eigenvalue weighted by Crippen LogP contribution is 2.39. The predicted molar refractivity (Wildman–Crippen MR) is 107 cm³/mol. The van der Waals surface area contributed by atoms with Crippen molar-refractivity contribution in [2.45, 2.75) is 12.8 Å². The highest BCUT2D eigenvalue weighted by molar-refractivity contribution is 6.02. The van der Waals surface area contributed by atoms with Crippen LogP contribution in [-0.2, 0) is 16.0 Å². The molecule has 3 rings (SSSR count). The van der Waals surface area contributed by atoms with Crippen LogP contribution in [0.3, 0.4) is 0 Å². The van der Waals surface area contributed by atoms with E-state index in [9.17, 15) is 9.59 Å². The molecule has 2 aromatic carbocycles. The number of benzene rings is 2. The van der Waals surface area contributed by atoms with Crippen molar-refractivity contribution in [1.82, 2.24) is 0 Å². The maximum Gasteiger partial charge on any atom is 0.305 e. The minimum atomic E-state index is -0.348. The van der Waals surface area contributed by atoms with Gasteiger partial charge in [0.15, 0.2) is 29.1 Å². The summed E-state index contributed by atoms with van der Waals surface area (Å²) in [7, 11) is 5.98. The topological polar surface area (TPSA) is 84.2 Å². The lowest BCUT2D eigenvalue weighted by Gasteiger charge is -2.09. The van der Waals surface area contributed by atoms with Crippen LogP contribution in [0.4, 0.5) is 0 Å². The van der Waals surface area contributed by atoms with E-state index in [1.165, 1.54) is 14.2 Å². The second-order valence-electron chi connectivity index (χ2n) is 6.27. The smallest absolute Gasteiger partial charge is 0.305 e. The molecule has 0 saturated heterocycles. The van der Waals surface area contributed by atoms with E-state index in [1.54, 1.807) is 38.5 Å². The minimum absolute atomic E-state index is 0.159. The molecule has 0 amide bonds. The summed E-state index contributed by atoms with van der Waals surface area (Å²) in [6.07, 6.45) is 1.28. The van der Waals surface area contributed by atoms with Gasteiger partial charge in [-0.25, -0.2) is 0 Å². The molecule has 3 aromatic rings. The Morgan fingerprint density at radius 3 is 2.31 bits per heavy atom. The number of esters is 1. The molecule has 0 unspecified atom stereocenters. The zero-order valence-corrected chi connectivity index (χ0v) is 16.7. The van der Waals surface area contributed by atoms with Crippen LogP contribution in [0.15, 0.2) is 34.7 Å². The van der Waals surface area contributed by atoms with Crippen LogP contribution in [0.25, 0.3) is 22.3 Å². The number of rotatable bonds is 8. The zero-order chi connectivity index (χ0) is 21.0. The second kappa shape index (κ2) is 8.68. The first kappa shape index (κ1) is 20.3. The number of hydrogen-bond donors (Lipinski definition) is 0. The summed E-state index contributed by atoms with van der Waals surface area (Å²) in [6.45, 7) is 0. The van der Waals surface area contributed by atoms with E-state index >= 15 is 0 Å². The number of hydrogen-bond acceptors (Lipinski definition) is 7. The van der Waals surface area contributed by atoms with Crippen molar-refractivity contribution in [1.29, 1.82) is 0 Å². The third-order valence-corrected chi connectivity index (χ3v) is 4.73. The molecule has 7 nitrogen and oxygen atoms in total. The second-order valence-corrected chi connectivity index (χ2v) is 6.27. The number of carbonyl (C=O) groups excluding carboxylic acids is 2. The SMILES string of the molecule is COC(=O)CCc1cc(OC)c2oc(-c3ccc(OC)c(OC)c3)cc2c1C=O. The van der Waals surface area contributed by atoms with Gasteiger partial charge in [0.25, 0.3) is 0 Å². The summed E-state index contributed by atoms with van der Waals surface area (Å²) >= 11 is 0. The summed E-state index contributed by atoms with van der Waals surface area (Å²) in [5.74, 6) is 1.85. The molecule has 29 heavy (non-hydrogen) atoms. The quantitative estimate of drug-likeness (QED) is 0.418. The van der Waals surface area contributed by atoms with Crippen LogP contribution in [0, 0.1) is 0 Å². The Kier molecular flexibility index (Phi) is 6.07. The maximum absolute atomic E-state index is 11.8. The molecule has 0 spiro atoms. The van der Waals surface area contributed by atoms with Gasteiger partial charge >= 0.3 is 5.97 Å². The molecule has 0 N–H and O–H groups in total. The average Bonchev–Trinajstić information content (AvgIpc) is 3.21. The number of fused-ring (bicyclic) bond motifs is 1. The fourth-order valence-electron chi connectivity index (χ4n) is 3.22. The predicted octanol–water partition coefficient (Wildman–Crippen LogP) is 4.04. The van der Waals surface area contributed by atoms with Crippen molar-refractivity contribution >= 4 is 23.2 Å². The number of furan rings is 1. The third kappa shape index (κ3) is 3.89. The number of ether oxygens (including phenoxy) is 4. The molecule has 0 aliphatic rings. The Labute approximate surface area is 168 Å². The Hall–Kier alpha value is -3.48. The molecule has 0 radical (unpaired) electrons. The highest BCUT2D eigenvalue weighted by Gasteiger charge is 2.19. The van der Waals surface area contributed by atoms with Gasteiger partial charge in [0.1, 0.15) is 5.76 Å². The molecule has 0 saturated carbocycles. The van der Waals surface area contributed by atoms with Crippen LogP contribution < -0.4 is 14.2 Å². The van der Waals surface area contributed by atoms with Gasteiger partial charge < -0.3 is 23.4 Å². The molecule has 0 bridgehead atoms.